The average molecular weight is 290 g/mol. The van der Waals surface area contributed by atoms with Gasteiger partial charge in [0.2, 0.25) is 11.9 Å². The van der Waals surface area contributed by atoms with Crippen LogP contribution in [0.2, 0.25) is 0 Å². The Bertz CT molecular complexity index is 581. The molecule has 112 valence electrons. The molecule has 2 heterocycles. The summed E-state index contributed by atoms with van der Waals surface area (Å²) in [6.07, 6.45) is 4.47. The SMILES string of the molecule is CCNc1nc(NCC2CC(O)C2)nc(-n2cncn2)n1. The fourth-order valence-electron chi connectivity index (χ4n) is 2.20. The second-order valence-electron chi connectivity index (χ2n) is 5.03. The third kappa shape index (κ3) is 3.24. The molecule has 3 rings (SSSR count). The number of hydrogen-bond acceptors (Lipinski definition) is 8. The smallest absolute Gasteiger partial charge is 0.258 e. The minimum Gasteiger partial charge on any atom is -0.393 e. The highest BCUT2D eigenvalue weighted by molar-refractivity contribution is 5.37. The molecule has 2 aromatic heterocycles. The van der Waals surface area contributed by atoms with Gasteiger partial charge in [-0.15, -0.1) is 0 Å². The molecule has 0 unspecified atom stereocenters. The van der Waals surface area contributed by atoms with Crippen molar-refractivity contribution in [1.29, 1.82) is 0 Å². The maximum absolute atomic E-state index is 9.30. The van der Waals surface area contributed by atoms with E-state index in [2.05, 4.69) is 35.7 Å². The molecule has 2 aromatic rings. The normalized spacial score (nSPS) is 20.9. The molecule has 9 heteroatoms. The van der Waals surface area contributed by atoms with E-state index in [9.17, 15) is 5.11 Å². The highest BCUT2D eigenvalue weighted by atomic mass is 16.3. The van der Waals surface area contributed by atoms with Gasteiger partial charge in [0.25, 0.3) is 5.95 Å². The van der Waals surface area contributed by atoms with Crippen LogP contribution in [0.1, 0.15) is 19.8 Å². The van der Waals surface area contributed by atoms with Gasteiger partial charge >= 0.3 is 0 Å². The van der Waals surface area contributed by atoms with Crippen molar-refractivity contribution in [3.8, 4) is 5.95 Å². The van der Waals surface area contributed by atoms with E-state index in [-0.39, 0.29) is 6.10 Å². The van der Waals surface area contributed by atoms with Crippen LogP contribution in [-0.4, -0.2) is 54.0 Å². The quantitative estimate of drug-likeness (QED) is 0.684. The van der Waals surface area contributed by atoms with Crippen molar-refractivity contribution in [2.24, 2.45) is 5.92 Å². The highest BCUT2D eigenvalue weighted by Gasteiger charge is 2.26. The van der Waals surface area contributed by atoms with Gasteiger partial charge in [-0.3, -0.25) is 0 Å². The number of rotatable bonds is 6. The molecule has 1 aliphatic carbocycles. The van der Waals surface area contributed by atoms with Crippen LogP contribution in [-0.2, 0) is 0 Å². The number of aromatic nitrogens is 6. The first kappa shape index (κ1) is 13.7. The Kier molecular flexibility index (Phi) is 3.91. The third-order valence-corrected chi connectivity index (χ3v) is 3.34. The minimum atomic E-state index is -0.154. The molecular formula is C12H18N8O. The molecule has 3 N–H and O–H groups in total. The summed E-state index contributed by atoms with van der Waals surface area (Å²) in [4.78, 5) is 16.8. The van der Waals surface area contributed by atoms with Gasteiger partial charge in [-0.05, 0) is 25.7 Å². The van der Waals surface area contributed by atoms with Crippen LogP contribution < -0.4 is 10.6 Å². The van der Waals surface area contributed by atoms with Crippen LogP contribution in [0.3, 0.4) is 0 Å². The van der Waals surface area contributed by atoms with E-state index in [4.69, 9.17) is 0 Å². The van der Waals surface area contributed by atoms with Crippen molar-refractivity contribution in [3.05, 3.63) is 12.7 Å². The van der Waals surface area contributed by atoms with Crippen LogP contribution in [0.5, 0.6) is 0 Å². The summed E-state index contributed by atoms with van der Waals surface area (Å²) in [6.45, 7) is 3.43. The first-order chi connectivity index (χ1) is 10.2. The van der Waals surface area contributed by atoms with Crippen molar-refractivity contribution in [2.75, 3.05) is 23.7 Å². The summed E-state index contributed by atoms with van der Waals surface area (Å²) in [5, 5.41) is 19.6. The number of aliphatic hydroxyl groups is 1. The highest BCUT2D eigenvalue weighted by Crippen LogP contribution is 2.27. The van der Waals surface area contributed by atoms with Crippen LogP contribution >= 0.6 is 0 Å². The zero-order valence-corrected chi connectivity index (χ0v) is 11.8. The summed E-state index contributed by atoms with van der Waals surface area (Å²) in [6, 6.07) is 0. The number of anilines is 2. The molecule has 0 atom stereocenters. The zero-order valence-electron chi connectivity index (χ0n) is 11.8. The Hall–Kier alpha value is -2.29. The van der Waals surface area contributed by atoms with Crippen LogP contribution in [0.15, 0.2) is 12.7 Å². The van der Waals surface area contributed by atoms with E-state index >= 15 is 0 Å². The molecule has 0 saturated heterocycles. The third-order valence-electron chi connectivity index (χ3n) is 3.34. The van der Waals surface area contributed by atoms with Crippen LogP contribution in [0.25, 0.3) is 5.95 Å². The largest absolute Gasteiger partial charge is 0.393 e. The maximum Gasteiger partial charge on any atom is 0.258 e. The average Bonchev–Trinajstić information content (AvgIpc) is 2.97. The van der Waals surface area contributed by atoms with Crippen molar-refractivity contribution in [3.63, 3.8) is 0 Å². The Morgan fingerprint density at radius 1 is 1.24 bits per heavy atom. The van der Waals surface area contributed by atoms with Crippen molar-refractivity contribution in [1.82, 2.24) is 29.7 Å². The molecule has 21 heavy (non-hydrogen) atoms. The van der Waals surface area contributed by atoms with E-state index < -0.39 is 0 Å². The first-order valence-electron chi connectivity index (χ1n) is 7.01. The lowest BCUT2D eigenvalue weighted by atomic mass is 9.82. The van der Waals surface area contributed by atoms with Gasteiger partial charge < -0.3 is 15.7 Å². The Balaban J connectivity index is 1.75. The van der Waals surface area contributed by atoms with Crippen LogP contribution in [0.4, 0.5) is 11.9 Å². The first-order valence-corrected chi connectivity index (χ1v) is 7.01. The predicted octanol–water partition coefficient (Wildman–Crippen LogP) is 0.0669. The second kappa shape index (κ2) is 6.00. The molecule has 0 amide bonds. The number of nitrogens with zero attached hydrogens (tertiary/aromatic N) is 6. The van der Waals surface area contributed by atoms with Gasteiger partial charge in [-0.1, -0.05) is 0 Å². The van der Waals surface area contributed by atoms with Gasteiger partial charge in [0, 0.05) is 13.1 Å². The molecule has 0 aromatic carbocycles. The molecule has 1 saturated carbocycles. The molecule has 0 bridgehead atoms. The molecule has 0 spiro atoms. The van der Waals surface area contributed by atoms with Gasteiger partial charge in [0.05, 0.1) is 6.10 Å². The fourth-order valence-corrected chi connectivity index (χ4v) is 2.20. The molecule has 0 aliphatic heterocycles. The standard InChI is InChI=1S/C12H18N8O/c1-2-14-10-17-11(15-5-8-3-9(21)4-8)19-12(18-10)20-7-13-6-16-20/h6-9,21H,2-5H2,1H3,(H2,14,15,17,18,19). The van der Waals surface area contributed by atoms with E-state index in [1.807, 2.05) is 6.92 Å². The van der Waals surface area contributed by atoms with E-state index in [1.165, 1.54) is 17.3 Å². The molecule has 0 radical (unpaired) electrons. The Morgan fingerprint density at radius 2 is 2.00 bits per heavy atom. The summed E-state index contributed by atoms with van der Waals surface area (Å²) in [5.74, 6) is 1.87. The summed E-state index contributed by atoms with van der Waals surface area (Å²) < 4.78 is 1.49. The monoisotopic (exact) mass is 290 g/mol. The lowest BCUT2D eigenvalue weighted by Gasteiger charge is -2.31. The molecular weight excluding hydrogens is 272 g/mol. The molecule has 1 aliphatic rings. The fraction of sp³-hybridized carbons (Fsp3) is 0.583. The van der Waals surface area contributed by atoms with Gasteiger partial charge in [-0.25, -0.2) is 4.98 Å². The van der Waals surface area contributed by atoms with Gasteiger partial charge in [-0.2, -0.15) is 24.7 Å². The van der Waals surface area contributed by atoms with E-state index in [0.29, 0.717) is 23.8 Å². The van der Waals surface area contributed by atoms with Crippen molar-refractivity contribution < 1.29 is 5.11 Å². The Morgan fingerprint density at radius 3 is 2.62 bits per heavy atom. The lowest BCUT2D eigenvalue weighted by Crippen LogP contribution is -2.33. The van der Waals surface area contributed by atoms with Gasteiger partial charge in [0.1, 0.15) is 12.7 Å². The van der Waals surface area contributed by atoms with E-state index in [1.54, 1.807) is 0 Å². The summed E-state index contributed by atoms with van der Waals surface area (Å²) >= 11 is 0. The van der Waals surface area contributed by atoms with Crippen LogP contribution in [0, 0.1) is 5.92 Å². The molecule has 1 fully saturated rings. The van der Waals surface area contributed by atoms with Crippen molar-refractivity contribution in [2.45, 2.75) is 25.9 Å². The summed E-state index contributed by atoms with van der Waals surface area (Å²) in [5.41, 5.74) is 0. The predicted molar refractivity (Wildman–Crippen MR) is 76.1 cm³/mol. The van der Waals surface area contributed by atoms with Crippen molar-refractivity contribution >= 4 is 11.9 Å². The number of nitrogens with one attached hydrogen (secondary N) is 2. The zero-order chi connectivity index (χ0) is 14.7. The number of hydrogen-bond donors (Lipinski definition) is 3. The van der Waals surface area contributed by atoms with Gasteiger partial charge in [0.15, 0.2) is 0 Å². The Labute approximate surface area is 121 Å². The maximum atomic E-state index is 9.30. The number of aliphatic hydroxyl groups excluding tert-OH is 1. The lowest BCUT2D eigenvalue weighted by molar-refractivity contribution is 0.0486. The molecule has 9 nitrogen and oxygen atoms in total. The second-order valence-corrected chi connectivity index (χ2v) is 5.03. The minimum absolute atomic E-state index is 0.154. The summed E-state index contributed by atoms with van der Waals surface area (Å²) in [7, 11) is 0. The topological polar surface area (TPSA) is 114 Å². The van der Waals surface area contributed by atoms with E-state index in [0.717, 1.165) is 25.9 Å².